The highest BCUT2D eigenvalue weighted by molar-refractivity contribution is 5.67. The first-order chi connectivity index (χ1) is 13.5. The molecule has 1 fully saturated rings. The van der Waals surface area contributed by atoms with Gasteiger partial charge in [0.25, 0.3) is 0 Å². The van der Waals surface area contributed by atoms with E-state index < -0.39 is 36.5 Å². The number of aromatic nitrogens is 3. The van der Waals surface area contributed by atoms with E-state index in [1.165, 1.54) is 13.8 Å². The van der Waals surface area contributed by atoms with E-state index in [9.17, 15) is 9.59 Å². The van der Waals surface area contributed by atoms with E-state index in [0.717, 1.165) is 11.3 Å². The second-order valence-electron chi connectivity index (χ2n) is 6.85. The van der Waals surface area contributed by atoms with Gasteiger partial charge in [0.2, 0.25) is 6.29 Å². The minimum atomic E-state index is -1.03. The molecule has 0 spiro atoms. The van der Waals surface area contributed by atoms with Crippen molar-refractivity contribution in [3.63, 3.8) is 0 Å². The number of carbonyl (C=O) groups is 2. The number of fused-ring (bicyclic) bond motifs is 3. The van der Waals surface area contributed by atoms with Crippen LogP contribution in [-0.4, -0.2) is 51.5 Å². The third-order valence-electron chi connectivity index (χ3n) is 4.83. The number of ether oxygens (including phenoxy) is 4. The largest absolute Gasteiger partial charge is 0.453 e. The van der Waals surface area contributed by atoms with Crippen LogP contribution in [0.1, 0.15) is 31.1 Å². The number of carbonyl (C=O) groups excluding carboxylic acids is 2. The van der Waals surface area contributed by atoms with Gasteiger partial charge < -0.3 is 18.9 Å². The van der Waals surface area contributed by atoms with Crippen LogP contribution in [0.5, 0.6) is 0 Å². The summed E-state index contributed by atoms with van der Waals surface area (Å²) in [7, 11) is 0. The van der Waals surface area contributed by atoms with Crippen molar-refractivity contribution in [2.75, 3.05) is 0 Å². The molecule has 3 heterocycles. The summed E-state index contributed by atoms with van der Waals surface area (Å²) in [4.78, 5) is 23.2. The fraction of sp³-hybridized carbons (Fsp3) is 0.474. The Morgan fingerprint density at radius 2 is 1.93 bits per heavy atom. The molecule has 2 aromatic rings. The van der Waals surface area contributed by atoms with Gasteiger partial charge in [0.05, 0.1) is 24.6 Å². The lowest BCUT2D eigenvalue weighted by Crippen LogP contribution is -2.45. The van der Waals surface area contributed by atoms with Gasteiger partial charge in [0.1, 0.15) is 12.1 Å². The summed E-state index contributed by atoms with van der Waals surface area (Å²) in [5.41, 5.74) is 1.87. The van der Waals surface area contributed by atoms with Crippen LogP contribution in [0.25, 0.3) is 0 Å². The summed E-state index contributed by atoms with van der Waals surface area (Å²) < 4.78 is 24.5. The molecule has 4 rings (SSSR count). The zero-order chi connectivity index (χ0) is 19.7. The van der Waals surface area contributed by atoms with Crippen LogP contribution in [0.3, 0.4) is 0 Å². The molecule has 0 bridgehead atoms. The minimum absolute atomic E-state index is 0.338. The van der Waals surface area contributed by atoms with Crippen LogP contribution in [0.15, 0.2) is 36.5 Å². The summed E-state index contributed by atoms with van der Waals surface area (Å²) in [6, 6.07) is 9.29. The van der Waals surface area contributed by atoms with Gasteiger partial charge in [-0.25, -0.2) is 4.68 Å². The number of esters is 2. The molecule has 5 atom stereocenters. The van der Waals surface area contributed by atoms with E-state index in [1.807, 2.05) is 30.3 Å². The molecule has 0 unspecified atom stereocenters. The normalized spacial score (nSPS) is 28.3. The first-order valence-corrected chi connectivity index (χ1v) is 9.07. The molecule has 9 heteroatoms. The Bertz CT molecular complexity index is 854. The van der Waals surface area contributed by atoms with E-state index >= 15 is 0 Å². The lowest BCUT2D eigenvalue weighted by molar-refractivity contribution is -0.200. The molecule has 0 aliphatic carbocycles. The standard InChI is InChI=1S/C19H21N3O6/c1-11(23)26-18-16-17(28-19(18)27-12(2)24)15(8-14-9-20-21-22(14)16)25-10-13-6-4-3-5-7-13/h3-7,9,15-19H,8,10H2,1-2H3/t15-,16+,17-,18-,19+/m1/s1. The Morgan fingerprint density at radius 3 is 2.64 bits per heavy atom. The van der Waals surface area contributed by atoms with E-state index in [1.54, 1.807) is 10.9 Å². The quantitative estimate of drug-likeness (QED) is 0.705. The summed E-state index contributed by atoms with van der Waals surface area (Å²) in [6.07, 6.45) is -0.537. The molecular weight excluding hydrogens is 366 g/mol. The molecular formula is C19H21N3O6. The molecule has 0 radical (unpaired) electrons. The van der Waals surface area contributed by atoms with Gasteiger partial charge in [-0.1, -0.05) is 35.5 Å². The number of hydrogen-bond acceptors (Lipinski definition) is 8. The minimum Gasteiger partial charge on any atom is -0.453 e. The second-order valence-corrected chi connectivity index (χ2v) is 6.85. The number of benzene rings is 1. The van der Waals surface area contributed by atoms with E-state index in [0.29, 0.717) is 13.0 Å². The molecule has 0 saturated carbocycles. The van der Waals surface area contributed by atoms with Gasteiger partial charge in [0.15, 0.2) is 6.10 Å². The van der Waals surface area contributed by atoms with Crippen LogP contribution in [0, 0.1) is 0 Å². The van der Waals surface area contributed by atoms with Crippen molar-refractivity contribution in [3.8, 4) is 0 Å². The highest BCUT2D eigenvalue weighted by atomic mass is 16.7. The third kappa shape index (κ3) is 3.63. The molecule has 1 saturated heterocycles. The lowest BCUT2D eigenvalue weighted by atomic mass is 9.95. The molecule has 28 heavy (non-hydrogen) atoms. The highest BCUT2D eigenvalue weighted by Gasteiger charge is 2.56. The Kier molecular flexibility index (Phi) is 5.10. The van der Waals surface area contributed by atoms with Crippen LogP contribution < -0.4 is 0 Å². The first-order valence-electron chi connectivity index (χ1n) is 9.07. The van der Waals surface area contributed by atoms with Gasteiger partial charge in [0, 0.05) is 20.3 Å². The van der Waals surface area contributed by atoms with Crippen LogP contribution in [0.2, 0.25) is 0 Å². The zero-order valence-electron chi connectivity index (χ0n) is 15.6. The van der Waals surface area contributed by atoms with Gasteiger partial charge in [-0.05, 0) is 5.56 Å². The number of nitrogens with zero attached hydrogens (tertiary/aromatic N) is 3. The number of hydrogen-bond donors (Lipinski definition) is 0. The summed E-state index contributed by atoms with van der Waals surface area (Å²) in [5, 5.41) is 8.09. The molecule has 148 valence electrons. The summed E-state index contributed by atoms with van der Waals surface area (Å²) in [6.45, 7) is 2.98. The molecule has 2 aliphatic rings. The topological polar surface area (TPSA) is 102 Å². The maximum Gasteiger partial charge on any atom is 0.305 e. The Morgan fingerprint density at radius 1 is 1.18 bits per heavy atom. The molecule has 1 aromatic carbocycles. The van der Waals surface area contributed by atoms with Crippen LogP contribution >= 0.6 is 0 Å². The Hall–Kier alpha value is -2.78. The average Bonchev–Trinajstić information content (AvgIpc) is 3.24. The smallest absolute Gasteiger partial charge is 0.305 e. The van der Waals surface area contributed by atoms with Crippen molar-refractivity contribution < 1.29 is 28.5 Å². The van der Waals surface area contributed by atoms with Crippen molar-refractivity contribution in [2.24, 2.45) is 0 Å². The predicted octanol–water partition coefficient (Wildman–Crippen LogP) is 1.18. The van der Waals surface area contributed by atoms with E-state index in [2.05, 4.69) is 10.3 Å². The number of rotatable bonds is 5. The van der Waals surface area contributed by atoms with Crippen molar-refractivity contribution in [1.29, 1.82) is 0 Å². The molecule has 1 aromatic heterocycles. The van der Waals surface area contributed by atoms with Crippen molar-refractivity contribution in [3.05, 3.63) is 47.8 Å². The summed E-state index contributed by atoms with van der Waals surface area (Å²) in [5.74, 6) is -1.03. The zero-order valence-corrected chi connectivity index (χ0v) is 15.6. The van der Waals surface area contributed by atoms with E-state index in [-0.39, 0.29) is 6.10 Å². The van der Waals surface area contributed by atoms with Gasteiger partial charge in [-0.15, -0.1) is 5.10 Å². The molecule has 0 amide bonds. The fourth-order valence-corrected chi connectivity index (χ4v) is 3.74. The van der Waals surface area contributed by atoms with Crippen LogP contribution in [-0.2, 0) is 41.6 Å². The monoisotopic (exact) mass is 387 g/mol. The van der Waals surface area contributed by atoms with Gasteiger partial charge >= 0.3 is 11.9 Å². The molecule has 2 aliphatic heterocycles. The predicted molar refractivity (Wildman–Crippen MR) is 93.8 cm³/mol. The van der Waals surface area contributed by atoms with Crippen molar-refractivity contribution in [1.82, 2.24) is 15.0 Å². The average molecular weight is 387 g/mol. The third-order valence-corrected chi connectivity index (χ3v) is 4.83. The maximum atomic E-state index is 11.7. The Labute approximate surface area is 161 Å². The van der Waals surface area contributed by atoms with Crippen molar-refractivity contribution in [2.45, 2.75) is 57.5 Å². The summed E-state index contributed by atoms with van der Waals surface area (Å²) >= 11 is 0. The lowest BCUT2D eigenvalue weighted by Gasteiger charge is -2.33. The van der Waals surface area contributed by atoms with E-state index in [4.69, 9.17) is 18.9 Å². The second kappa shape index (κ2) is 7.69. The van der Waals surface area contributed by atoms with Gasteiger partial charge in [-0.3, -0.25) is 9.59 Å². The van der Waals surface area contributed by atoms with Crippen LogP contribution in [0.4, 0.5) is 0 Å². The SMILES string of the molecule is CC(=O)O[C@H]1O[C@H]2[C@@H]([C@H]1OC(C)=O)n1nncc1C[C@H]2OCc1ccccc1. The fourth-order valence-electron chi connectivity index (χ4n) is 3.74. The molecule has 0 N–H and O–H groups in total. The Balaban J connectivity index is 1.61. The van der Waals surface area contributed by atoms with Gasteiger partial charge in [-0.2, -0.15) is 0 Å². The van der Waals surface area contributed by atoms with Crippen molar-refractivity contribution >= 4 is 11.9 Å². The molecule has 9 nitrogen and oxygen atoms in total. The first kappa shape index (κ1) is 18.6. The highest BCUT2D eigenvalue weighted by Crippen LogP contribution is 2.41. The maximum absolute atomic E-state index is 11.7.